The minimum absolute atomic E-state index is 0.117. The number of ether oxygens (including phenoxy) is 4. The molecule has 0 aromatic heterocycles. The van der Waals surface area contributed by atoms with Crippen molar-refractivity contribution in [3.05, 3.63) is 86.7 Å². The van der Waals surface area contributed by atoms with Crippen molar-refractivity contribution in [3.63, 3.8) is 0 Å². The normalized spacial score (nSPS) is 14.2. The molecule has 3 aromatic rings. The maximum atomic E-state index is 12.9. The van der Waals surface area contributed by atoms with Gasteiger partial charge >= 0.3 is 0 Å². The Morgan fingerprint density at radius 3 is 2.37 bits per heavy atom. The number of imide groups is 1. The molecule has 198 valence electrons. The molecule has 0 radical (unpaired) electrons. The lowest BCUT2D eigenvalue weighted by atomic mass is 10.1. The Bertz CT molecular complexity index is 1360. The van der Waals surface area contributed by atoms with Gasteiger partial charge in [0.15, 0.2) is 23.0 Å². The van der Waals surface area contributed by atoms with E-state index < -0.39 is 0 Å². The number of halogens is 2. The lowest BCUT2D eigenvalue weighted by Crippen LogP contribution is -2.32. The zero-order chi connectivity index (χ0) is 27.1. The molecule has 1 aliphatic rings. The van der Waals surface area contributed by atoms with Crippen molar-refractivity contribution in [1.29, 1.82) is 0 Å². The highest BCUT2D eigenvalue weighted by molar-refractivity contribution is 8.18. The van der Waals surface area contributed by atoms with Crippen LogP contribution in [0.1, 0.15) is 18.1 Å². The van der Waals surface area contributed by atoms with Crippen molar-refractivity contribution in [2.24, 2.45) is 0 Å². The Hall–Kier alpha value is -3.33. The van der Waals surface area contributed by atoms with Gasteiger partial charge in [0.1, 0.15) is 13.2 Å². The topological polar surface area (TPSA) is 74.3 Å². The smallest absolute Gasteiger partial charge is 0.293 e. The Morgan fingerprint density at radius 1 is 0.868 bits per heavy atom. The molecule has 3 aromatic carbocycles. The van der Waals surface area contributed by atoms with E-state index in [2.05, 4.69) is 0 Å². The number of rotatable bonds is 11. The summed E-state index contributed by atoms with van der Waals surface area (Å²) in [6.45, 7) is 2.83. The highest BCUT2D eigenvalue weighted by Gasteiger charge is 2.34. The van der Waals surface area contributed by atoms with Crippen LogP contribution in [-0.4, -0.2) is 42.9 Å². The SMILES string of the molecule is CCOc1cc(/C=C2\SC(=O)N(CCOc3ccccc3OC)C2=O)ccc1OCc1ccc(Cl)c(Cl)c1. The van der Waals surface area contributed by atoms with Crippen LogP contribution in [0.3, 0.4) is 0 Å². The number of hydrogen-bond donors (Lipinski definition) is 0. The van der Waals surface area contributed by atoms with E-state index in [1.165, 1.54) is 4.90 Å². The molecular weight excluding hydrogens is 549 g/mol. The number of carbonyl (C=O) groups excluding carboxylic acids is 2. The highest BCUT2D eigenvalue weighted by atomic mass is 35.5. The summed E-state index contributed by atoms with van der Waals surface area (Å²) in [6, 6.07) is 17.8. The quantitative estimate of drug-likeness (QED) is 0.226. The molecule has 0 aliphatic carbocycles. The van der Waals surface area contributed by atoms with Gasteiger partial charge in [-0.15, -0.1) is 0 Å². The van der Waals surface area contributed by atoms with Crippen molar-refractivity contribution in [2.45, 2.75) is 13.5 Å². The Balaban J connectivity index is 1.42. The van der Waals surface area contributed by atoms with Gasteiger partial charge in [0, 0.05) is 0 Å². The summed E-state index contributed by atoms with van der Waals surface area (Å²) >= 11 is 13.0. The molecule has 10 heteroatoms. The molecule has 0 bridgehead atoms. The Labute approximate surface area is 235 Å². The second kappa shape index (κ2) is 13.0. The number of carbonyl (C=O) groups is 2. The van der Waals surface area contributed by atoms with E-state index in [4.69, 9.17) is 42.1 Å². The largest absolute Gasteiger partial charge is 0.493 e. The summed E-state index contributed by atoms with van der Waals surface area (Å²) in [5, 5.41) is 0.577. The number of amides is 2. The van der Waals surface area contributed by atoms with Gasteiger partial charge in [0.25, 0.3) is 11.1 Å². The number of para-hydroxylation sites is 2. The van der Waals surface area contributed by atoms with Gasteiger partial charge in [-0.25, -0.2) is 0 Å². The molecule has 38 heavy (non-hydrogen) atoms. The van der Waals surface area contributed by atoms with Crippen LogP contribution in [0.4, 0.5) is 4.79 Å². The summed E-state index contributed by atoms with van der Waals surface area (Å²) in [5.41, 5.74) is 1.56. The third-order valence-corrected chi connectivity index (χ3v) is 7.11. The summed E-state index contributed by atoms with van der Waals surface area (Å²) in [5.74, 6) is 1.81. The second-order valence-electron chi connectivity index (χ2n) is 8.01. The average Bonchev–Trinajstić information content (AvgIpc) is 3.18. The molecule has 1 saturated heterocycles. The lowest BCUT2D eigenvalue weighted by molar-refractivity contribution is -0.123. The molecule has 0 saturated carbocycles. The van der Waals surface area contributed by atoms with Gasteiger partial charge < -0.3 is 18.9 Å². The monoisotopic (exact) mass is 573 g/mol. The Morgan fingerprint density at radius 2 is 1.63 bits per heavy atom. The van der Waals surface area contributed by atoms with Crippen LogP contribution in [0.5, 0.6) is 23.0 Å². The van der Waals surface area contributed by atoms with E-state index in [0.29, 0.717) is 50.1 Å². The average molecular weight is 574 g/mol. The molecule has 0 atom stereocenters. The molecule has 7 nitrogen and oxygen atoms in total. The zero-order valence-corrected chi connectivity index (χ0v) is 23.1. The van der Waals surface area contributed by atoms with E-state index in [-0.39, 0.29) is 30.9 Å². The number of methoxy groups -OCH3 is 1. The molecule has 4 rings (SSSR count). The molecule has 0 unspecified atom stereocenters. The minimum Gasteiger partial charge on any atom is -0.493 e. The zero-order valence-electron chi connectivity index (χ0n) is 20.7. The van der Waals surface area contributed by atoms with Crippen molar-refractivity contribution in [1.82, 2.24) is 4.90 Å². The van der Waals surface area contributed by atoms with Gasteiger partial charge in [-0.1, -0.05) is 47.5 Å². The van der Waals surface area contributed by atoms with Crippen molar-refractivity contribution < 1.29 is 28.5 Å². The number of benzene rings is 3. The van der Waals surface area contributed by atoms with E-state index in [1.807, 2.05) is 25.1 Å². The van der Waals surface area contributed by atoms with E-state index in [9.17, 15) is 9.59 Å². The number of thioether (sulfide) groups is 1. The summed E-state index contributed by atoms with van der Waals surface area (Å²) in [4.78, 5) is 26.9. The van der Waals surface area contributed by atoms with Crippen LogP contribution >= 0.6 is 35.0 Å². The minimum atomic E-state index is -0.374. The summed E-state index contributed by atoms with van der Waals surface area (Å²) in [6.07, 6.45) is 1.66. The fourth-order valence-electron chi connectivity index (χ4n) is 3.62. The second-order valence-corrected chi connectivity index (χ2v) is 9.82. The predicted molar refractivity (Wildman–Crippen MR) is 150 cm³/mol. The first-order valence-electron chi connectivity index (χ1n) is 11.7. The van der Waals surface area contributed by atoms with Gasteiger partial charge in [-0.05, 0) is 72.3 Å². The predicted octanol–water partition coefficient (Wildman–Crippen LogP) is 7.10. The van der Waals surface area contributed by atoms with Gasteiger partial charge in [0.2, 0.25) is 0 Å². The third-order valence-electron chi connectivity index (χ3n) is 5.46. The molecule has 0 spiro atoms. The van der Waals surface area contributed by atoms with Crippen molar-refractivity contribution >= 4 is 52.2 Å². The van der Waals surface area contributed by atoms with Gasteiger partial charge in [0.05, 0.1) is 35.2 Å². The molecular formula is C28H25Cl2NO6S. The van der Waals surface area contributed by atoms with Gasteiger partial charge in [-0.3, -0.25) is 14.5 Å². The van der Waals surface area contributed by atoms with Crippen LogP contribution in [-0.2, 0) is 11.4 Å². The third kappa shape index (κ3) is 6.75. The van der Waals surface area contributed by atoms with Gasteiger partial charge in [-0.2, -0.15) is 0 Å². The molecule has 1 heterocycles. The molecule has 1 aliphatic heterocycles. The van der Waals surface area contributed by atoms with Crippen LogP contribution < -0.4 is 18.9 Å². The fourth-order valence-corrected chi connectivity index (χ4v) is 4.81. The summed E-state index contributed by atoms with van der Waals surface area (Å²) in [7, 11) is 1.55. The standard InChI is InChI=1S/C28H25Cl2NO6S/c1-3-35-25-15-18(9-11-24(25)37-17-19-8-10-20(29)21(30)14-19)16-26-27(32)31(28(33)38-26)12-13-36-23-7-5-4-6-22(23)34-2/h4-11,14-16H,3,12-13,17H2,1-2H3/b26-16-. The summed E-state index contributed by atoms with van der Waals surface area (Å²) < 4.78 is 22.7. The first-order chi connectivity index (χ1) is 18.4. The molecule has 1 fully saturated rings. The van der Waals surface area contributed by atoms with Crippen LogP contribution in [0.15, 0.2) is 65.6 Å². The van der Waals surface area contributed by atoms with E-state index in [1.54, 1.807) is 55.7 Å². The van der Waals surface area contributed by atoms with E-state index >= 15 is 0 Å². The molecule has 2 amide bonds. The van der Waals surface area contributed by atoms with Crippen LogP contribution in [0, 0.1) is 0 Å². The first-order valence-corrected chi connectivity index (χ1v) is 13.3. The maximum absolute atomic E-state index is 12.9. The van der Waals surface area contributed by atoms with Crippen molar-refractivity contribution in [3.8, 4) is 23.0 Å². The number of nitrogens with zero attached hydrogens (tertiary/aromatic N) is 1. The van der Waals surface area contributed by atoms with Crippen molar-refractivity contribution in [2.75, 3.05) is 26.9 Å². The van der Waals surface area contributed by atoms with Crippen LogP contribution in [0.25, 0.3) is 6.08 Å². The molecule has 0 N–H and O–H groups in total. The first kappa shape index (κ1) is 27.7. The highest BCUT2D eigenvalue weighted by Crippen LogP contribution is 2.35. The number of hydrogen-bond acceptors (Lipinski definition) is 7. The fraction of sp³-hybridized carbons (Fsp3) is 0.214. The lowest BCUT2D eigenvalue weighted by Gasteiger charge is -2.14. The van der Waals surface area contributed by atoms with E-state index in [0.717, 1.165) is 17.3 Å². The Kier molecular flexibility index (Phi) is 9.44. The maximum Gasteiger partial charge on any atom is 0.293 e. The van der Waals surface area contributed by atoms with Crippen LogP contribution in [0.2, 0.25) is 10.0 Å².